The lowest BCUT2D eigenvalue weighted by atomic mass is 9.99. The summed E-state index contributed by atoms with van der Waals surface area (Å²) in [5.74, 6) is 1.42. The Morgan fingerprint density at radius 2 is 1.83 bits per heavy atom. The summed E-state index contributed by atoms with van der Waals surface area (Å²) in [5, 5.41) is 1.26. The topological polar surface area (TPSA) is 37.7 Å². The zero-order chi connectivity index (χ0) is 20.4. The molecule has 0 unspecified atom stereocenters. The van der Waals surface area contributed by atoms with Crippen LogP contribution in [-0.4, -0.2) is 53.6 Å². The van der Waals surface area contributed by atoms with Crippen molar-refractivity contribution in [3.8, 4) is 5.75 Å². The molecule has 4 rings (SSSR count). The maximum absolute atomic E-state index is 13.1. The molecule has 0 spiro atoms. The molecule has 2 heterocycles. The summed E-state index contributed by atoms with van der Waals surface area (Å²) >= 11 is 0. The predicted molar refractivity (Wildman–Crippen MR) is 117 cm³/mol. The number of hydrogen-bond acceptors (Lipinski definition) is 3. The van der Waals surface area contributed by atoms with E-state index in [-0.39, 0.29) is 5.92 Å². The second-order valence-electron chi connectivity index (χ2n) is 8.90. The normalized spacial score (nSPS) is 24.5. The van der Waals surface area contributed by atoms with Crippen molar-refractivity contribution < 1.29 is 9.53 Å². The van der Waals surface area contributed by atoms with Gasteiger partial charge >= 0.3 is 0 Å². The summed E-state index contributed by atoms with van der Waals surface area (Å²) in [6.45, 7) is 2.90. The van der Waals surface area contributed by atoms with E-state index in [2.05, 4.69) is 34.8 Å². The van der Waals surface area contributed by atoms with E-state index < -0.39 is 0 Å². The molecule has 1 saturated heterocycles. The number of aromatic nitrogens is 1. The molecule has 5 heteroatoms. The molecule has 2 aromatic rings. The van der Waals surface area contributed by atoms with Gasteiger partial charge in [-0.05, 0) is 56.0 Å². The second kappa shape index (κ2) is 8.78. The van der Waals surface area contributed by atoms with Gasteiger partial charge in [0.1, 0.15) is 5.75 Å². The molecular formula is C24H35N3O2. The molecule has 5 nitrogen and oxygen atoms in total. The van der Waals surface area contributed by atoms with E-state index in [1.807, 2.05) is 18.0 Å². The van der Waals surface area contributed by atoms with Crippen molar-refractivity contribution in [2.45, 2.75) is 57.5 Å². The average molecular weight is 398 g/mol. The Kier molecular flexibility index (Phi) is 6.14. The minimum absolute atomic E-state index is 0.155. The molecule has 29 heavy (non-hydrogen) atoms. The fraction of sp³-hybridized carbons (Fsp3) is 0.625. The molecule has 158 valence electrons. The van der Waals surface area contributed by atoms with Crippen LogP contribution in [0.5, 0.6) is 5.75 Å². The summed E-state index contributed by atoms with van der Waals surface area (Å²) in [4.78, 5) is 17.7. The standard InChI is InChI=1S/C24H35N3O2/c1-25-13-6-4-5-7-14-27(23-10-8-9-20(23)24(25)28)17-18-16-26(2)22-12-11-19(29-3)15-21(18)22/h11-12,15-16,20,23H,4-10,13-14,17H2,1-3H3/t20-,23+/m1/s1. The van der Waals surface area contributed by atoms with Gasteiger partial charge in [0, 0.05) is 50.3 Å². The third-order valence-electron chi connectivity index (χ3n) is 6.98. The van der Waals surface area contributed by atoms with Crippen LogP contribution in [-0.2, 0) is 18.4 Å². The third-order valence-corrected chi connectivity index (χ3v) is 6.98. The van der Waals surface area contributed by atoms with Gasteiger partial charge in [0.05, 0.1) is 13.0 Å². The highest BCUT2D eigenvalue weighted by atomic mass is 16.5. The van der Waals surface area contributed by atoms with Crippen LogP contribution in [0, 0.1) is 5.92 Å². The van der Waals surface area contributed by atoms with Crippen LogP contribution in [0.25, 0.3) is 10.9 Å². The van der Waals surface area contributed by atoms with Crippen molar-refractivity contribution in [3.05, 3.63) is 30.0 Å². The maximum Gasteiger partial charge on any atom is 0.227 e. The van der Waals surface area contributed by atoms with Crippen LogP contribution >= 0.6 is 0 Å². The number of ether oxygens (including phenoxy) is 1. The first-order valence-electron chi connectivity index (χ1n) is 11.2. The van der Waals surface area contributed by atoms with E-state index in [1.54, 1.807) is 7.11 Å². The molecule has 1 amide bonds. The zero-order valence-electron chi connectivity index (χ0n) is 18.2. The summed E-state index contributed by atoms with van der Waals surface area (Å²) < 4.78 is 7.69. The largest absolute Gasteiger partial charge is 0.497 e. The SMILES string of the molecule is COc1ccc2c(c1)c(CN1CCCCCCN(C)C(=O)[C@@H]3CCC[C@@H]31)cn2C. The lowest BCUT2D eigenvalue weighted by molar-refractivity contribution is -0.136. The predicted octanol–water partition coefficient (Wildman–Crippen LogP) is 4.19. The Bertz CT molecular complexity index is 859. The van der Waals surface area contributed by atoms with Crippen LogP contribution in [0.3, 0.4) is 0 Å². The summed E-state index contributed by atoms with van der Waals surface area (Å²) in [5.41, 5.74) is 2.57. The smallest absolute Gasteiger partial charge is 0.227 e. The van der Waals surface area contributed by atoms with Gasteiger partial charge in [-0.1, -0.05) is 19.3 Å². The van der Waals surface area contributed by atoms with Gasteiger partial charge in [-0.3, -0.25) is 9.69 Å². The molecule has 0 radical (unpaired) electrons. The molecule has 2 atom stereocenters. The third kappa shape index (κ3) is 4.16. The van der Waals surface area contributed by atoms with Crippen LogP contribution < -0.4 is 4.74 Å². The molecule has 1 aromatic heterocycles. The number of rotatable bonds is 3. The first-order chi connectivity index (χ1) is 14.1. The highest BCUT2D eigenvalue weighted by Crippen LogP contribution is 2.34. The molecule has 0 N–H and O–H groups in total. The minimum Gasteiger partial charge on any atom is -0.497 e. The van der Waals surface area contributed by atoms with Crippen molar-refractivity contribution in [3.63, 3.8) is 0 Å². The highest BCUT2D eigenvalue weighted by molar-refractivity contribution is 5.85. The quantitative estimate of drug-likeness (QED) is 0.779. The Morgan fingerprint density at radius 3 is 2.62 bits per heavy atom. The number of carbonyl (C=O) groups is 1. The Balaban J connectivity index is 1.64. The lowest BCUT2D eigenvalue weighted by Gasteiger charge is -2.33. The summed E-state index contributed by atoms with van der Waals surface area (Å²) in [6, 6.07) is 6.69. The monoisotopic (exact) mass is 397 g/mol. The molecule has 1 aromatic carbocycles. The number of methoxy groups -OCH3 is 1. The number of aryl methyl sites for hydroxylation is 1. The Morgan fingerprint density at radius 1 is 1.03 bits per heavy atom. The van der Waals surface area contributed by atoms with Crippen LogP contribution in [0.1, 0.15) is 50.5 Å². The van der Waals surface area contributed by atoms with Gasteiger partial charge in [0.2, 0.25) is 5.91 Å². The molecule has 0 bridgehead atoms. The van der Waals surface area contributed by atoms with E-state index in [0.717, 1.165) is 51.1 Å². The number of carbonyl (C=O) groups excluding carboxylic acids is 1. The van der Waals surface area contributed by atoms with Crippen molar-refractivity contribution in [1.82, 2.24) is 14.4 Å². The van der Waals surface area contributed by atoms with Gasteiger partial charge < -0.3 is 14.2 Å². The van der Waals surface area contributed by atoms with E-state index in [4.69, 9.17) is 4.74 Å². The average Bonchev–Trinajstić information content (AvgIpc) is 3.32. The maximum atomic E-state index is 13.1. The highest BCUT2D eigenvalue weighted by Gasteiger charge is 2.38. The summed E-state index contributed by atoms with van der Waals surface area (Å²) in [7, 11) is 5.84. The lowest BCUT2D eigenvalue weighted by Crippen LogP contribution is -2.44. The second-order valence-corrected chi connectivity index (χ2v) is 8.90. The first-order valence-corrected chi connectivity index (χ1v) is 11.2. The zero-order valence-corrected chi connectivity index (χ0v) is 18.2. The molecular weight excluding hydrogens is 362 g/mol. The van der Waals surface area contributed by atoms with Crippen molar-refractivity contribution in [2.24, 2.45) is 13.0 Å². The molecule has 1 aliphatic carbocycles. The molecule has 2 fully saturated rings. The minimum atomic E-state index is 0.155. The van der Waals surface area contributed by atoms with Crippen molar-refractivity contribution in [1.29, 1.82) is 0 Å². The van der Waals surface area contributed by atoms with Crippen molar-refractivity contribution in [2.75, 3.05) is 27.2 Å². The number of hydrogen-bond donors (Lipinski definition) is 0. The Labute approximate surface area is 174 Å². The fourth-order valence-electron chi connectivity index (χ4n) is 5.36. The van der Waals surface area contributed by atoms with Gasteiger partial charge in [0.15, 0.2) is 0 Å². The van der Waals surface area contributed by atoms with E-state index in [1.165, 1.54) is 35.7 Å². The molecule has 2 aliphatic rings. The molecule has 1 aliphatic heterocycles. The number of benzene rings is 1. The van der Waals surface area contributed by atoms with E-state index in [0.29, 0.717) is 11.9 Å². The Hall–Kier alpha value is -2.01. The summed E-state index contributed by atoms with van der Waals surface area (Å²) in [6.07, 6.45) is 10.4. The van der Waals surface area contributed by atoms with E-state index >= 15 is 0 Å². The van der Waals surface area contributed by atoms with Gasteiger partial charge in [-0.25, -0.2) is 0 Å². The van der Waals surface area contributed by atoms with Crippen molar-refractivity contribution >= 4 is 16.8 Å². The van der Waals surface area contributed by atoms with Gasteiger partial charge in [-0.2, -0.15) is 0 Å². The fourth-order valence-corrected chi connectivity index (χ4v) is 5.36. The molecule has 1 saturated carbocycles. The number of fused-ring (bicyclic) bond motifs is 2. The van der Waals surface area contributed by atoms with Crippen LogP contribution in [0.15, 0.2) is 24.4 Å². The van der Waals surface area contributed by atoms with Gasteiger partial charge in [-0.15, -0.1) is 0 Å². The van der Waals surface area contributed by atoms with Crippen LogP contribution in [0.2, 0.25) is 0 Å². The number of nitrogens with zero attached hydrogens (tertiary/aromatic N) is 3. The number of amides is 1. The van der Waals surface area contributed by atoms with Gasteiger partial charge in [0.25, 0.3) is 0 Å². The first kappa shape index (κ1) is 20.3. The van der Waals surface area contributed by atoms with Crippen LogP contribution in [0.4, 0.5) is 0 Å². The van der Waals surface area contributed by atoms with E-state index in [9.17, 15) is 4.79 Å².